The number of aryl methyl sites for hydroxylation is 1. The van der Waals surface area contributed by atoms with Gasteiger partial charge in [0.05, 0.1) is 6.42 Å². The summed E-state index contributed by atoms with van der Waals surface area (Å²) < 4.78 is 5.46. The van der Waals surface area contributed by atoms with E-state index >= 15 is 0 Å². The van der Waals surface area contributed by atoms with Crippen LogP contribution in [0.25, 0.3) is 0 Å². The molecule has 0 unspecified atom stereocenters. The van der Waals surface area contributed by atoms with Gasteiger partial charge < -0.3 is 15.0 Å². The molecule has 0 saturated carbocycles. The van der Waals surface area contributed by atoms with Crippen LogP contribution >= 0.6 is 23.2 Å². The van der Waals surface area contributed by atoms with Crippen molar-refractivity contribution in [3.05, 3.63) is 34.9 Å². The maximum Gasteiger partial charge on any atom is 0.373 e. The molecule has 1 aromatic rings. The lowest BCUT2D eigenvalue weighted by Crippen LogP contribution is -2.43. The van der Waals surface area contributed by atoms with Gasteiger partial charge in [-0.15, -0.1) is 23.2 Å². The van der Waals surface area contributed by atoms with Gasteiger partial charge in [0.2, 0.25) is 0 Å². The minimum absolute atomic E-state index is 0.191. The molecule has 8 heteroatoms. The molecule has 0 fully saturated rings. The number of esters is 1. The molecule has 0 amide bonds. The van der Waals surface area contributed by atoms with Crippen molar-refractivity contribution in [3.63, 3.8) is 0 Å². The van der Waals surface area contributed by atoms with E-state index in [1.165, 1.54) is 5.56 Å². The van der Waals surface area contributed by atoms with Crippen LogP contribution in [0.2, 0.25) is 6.82 Å². The first kappa shape index (κ1) is 26.3. The van der Waals surface area contributed by atoms with Crippen LogP contribution in [0.5, 0.6) is 0 Å². The number of alkyl halides is 2. The Bertz CT molecular complexity index is 633. The average Bonchev–Trinajstić information content (AvgIpc) is 2.56. The minimum Gasteiger partial charge on any atom is -0.460 e. The van der Waals surface area contributed by atoms with E-state index < -0.39 is 12.7 Å². The van der Waals surface area contributed by atoms with Gasteiger partial charge in [-0.05, 0) is 57.6 Å². The molecule has 2 N–H and O–H groups in total. The highest BCUT2D eigenvalue weighted by molar-refractivity contribution is 6.45. The Hall–Kier alpha value is -0.785. The molecule has 1 rings (SSSR count). The molecule has 0 aromatic heterocycles. The van der Waals surface area contributed by atoms with E-state index in [0.717, 1.165) is 30.8 Å². The zero-order chi connectivity index (χ0) is 22.0. The Morgan fingerprint density at radius 3 is 2.41 bits per heavy atom. The Labute approximate surface area is 186 Å². The predicted octanol–water partition coefficient (Wildman–Crippen LogP) is 3.62. The summed E-state index contributed by atoms with van der Waals surface area (Å²) in [6.07, 6.45) is 0.811. The van der Waals surface area contributed by atoms with Gasteiger partial charge in [0.1, 0.15) is 5.60 Å². The smallest absolute Gasteiger partial charge is 0.373 e. The maximum absolute atomic E-state index is 12.3. The van der Waals surface area contributed by atoms with Gasteiger partial charge in [0, 0.05) is 37.4 Å². The second kappa shape index (κ2) is 12.8. The number of carbonyl (C=O) groups is 1. The summed E-state index contributed by atoms with van der Waals surface area (Å²) in [6.45, 7) is 11.6. The zero-order valence-electron chi connectivity index (χ0n) is 18.3. The van der Waals surface area contributed by atoms with Gasteiger partial charge in [-0.25, -0.2) is 0 Å². The normalized spacial score (nSPS) is 12.9. The summed E-state index contributed by atoms with van der Waals surface area (Å²) >= 11 is 11.8. The fraction of sp³-hybridized carbons (Fsp3) is 0.667. The van der Waals surface area contributed by atoms with Crippen LogP contribution in [0.1, 0.15) is 43.9 Å². The van der Waals surface area contributed by atoms with Crippen LogP contribution in [0.15, 0.2) is 18.2 Å². The molecule has 0 spiro atoms. The predicted molar refractivity (Wildman–Crippen MR) is 123 cm³/mol. The van der Waals surface area contributed by atoms with Crippen molar-refractivity contribution in [3.8, 4) is 0 Å². The first-order chi connectivity index (χ1) is 13.5. The van der Waals surface area contributed by atoms with Gasteiger partial charge in [0.15, 0.2) is 0 Å². The molecule has 1 aromatic carbocycles. The highest BCUT2D eigenvalue weighted by Gasteiger charge is 2.23. The van der Waals surface area contributed by atoms with Crippen LogP contribution < -0.4 is 5.23 Å². The number of nitrogens with one attached hydrogen (secondary N) is 1. The number of benzene rings is 1. The fourth-order valence-electron chi connectivity index (χ4n) is 3.19. The van der Waals surface area contributed by atoms with E-state index in [4.69, 9.17) is 27.9 Å². The number of hydrogen-bond donors (Lipinski definition) is 2. The SMILES string of the molecule is CB(O)N[C@H](CC(=O)OC(C)(C)C)Cc1cc(CN(CCCl)CCCl)ccc1C. The van der Waals surface area contributed by atoms with Gasteiger partial charge in [0.25, 0.3) is 0 Å². The summed E-state index contributed by atoms with van der Waals surface area (Å²) in [4.78, 5) is 14.5. The Morgan fingerprint density at radius 1 is 1.28 bits per heavy atom. The first-order valence-electron chi connectivity index (χ1n) is 10.1. The van der Waals surface area contributed by atoms with E-state index in [2.05, 4.69) is 35.3 Å². The van der Waals surface area contributed by atoms with E-state index in [1.807, 2.05) is 20.8 Å². The summed E-state index contributed by atoms with van der Waals surface area (Å²) in [7, 11) is -0.714. The molecule has 0 aliphatic carbocycles. The van der Waals surface area contributed by atoms with Crippen molar-refractivity contribution < 1.29 is 14.6 Å². The Morgan fingerprint density at radius 2 is 1.90 bits per heavy atom. The molecule has 1 atom stereocenters. The van der Waals surface area contributed by atoms with Crippen LogP contribution in [-0.2, 0) is 22.5 Å². The Kier molecular flexibility index (Phi) is 11.6. The molecule has 0 aliphatic heterocycles. The lowest BCUT2D eigenvalue weighted by Gasteiger charge is -2.24. The van der Waals surface area contributed by atoms with Gasteiger partial charge in [-0.1, -0.05) is 18.2 Å². The molecule has 164 valence electrons. The van der Waals surface area contributed by atoms with Crippen LogP contribution in [0, 0.1) is 6.92 Å². The van der Waals surface area contributed by atoms with E-state index in [1.54, 1.807) is 6.82 Å². The second-order valence-corrected chi connectivity index (χ2v) is 9.21. The number of hydrogen-bond acceptors (Lipinski definition) is 5. The third-order valence-electron chi connectivity index (χ3n) is 4.40. The number of ether oxygens (including phenoxy) is 1. The topological polar surface area (TPSA) is 61.8 Å². The minimum atomic E-state index is -0.714. The van der Waals surface area contributed by atoms with Crippen molar-refractivity contribution in [1.82, 2.24) is 10.1 Å². The van der Waals surface area contributed by atoms with Crippen molar-refractivity contribution in [1.29, 1.82) is 0 Å². The molecule has 5 nitrogen and oxygen atoms in total. The number of halogens is 2. The molecule has 0 bridgehead atoms. The van der Waals surface area contributed by atoms with Gasteiger partial charge >= 0.3 is 13.0 Å². The summed E-state index contributed by atoms with van der Waals surface area (Å²) in [6, 6.07) is 6.15. The van der Waals surface area contributed by atoms with Crippen LogP contribution in [0.4, 0.5) is 0 Å². The largest absolute Gasteiger partial charge is 0.460 e. The average molecular weight is 445 g/mol. The molecular weight excluding hydrogens is 410 g/mol. The zero-order valence-corrected chi connectivity index (χ0v) is 19.8. The second-order valence-electron chi connectivity index (χ2n) is 8.45. The molecule has 0 heterocycles. The van der Waals surface area contributed by atoms with Crippen LogP contribution in [0.3, 0.4) is 0 Å². The monoisotopic (exact) mass is 444 g/mol. The molecule has 0 radical (unpaired) electrons. The number of nitrogens with zero attached hydrogens (tertiary/aromatic N) is 1. The molecular formula is C21H35BCl2N2O3. The highest BCUT2D eigenvalue weighted by Crippen LogP contribution is 2.18. The van der Waals surface area contributed by atoms with Crippen LogP contribution in [-0.4, -0.2) is 59.4 Å². The molecule has 29 heavy (non-hydrogen) atoms. The third kappa shape index (κ3) is 11.3. The quantitative estimate of drug-likeness (QED) is 0.293. The van der Waals surface area contributed by atoms with Crippen molar-refractivity contribution in [2.75, 3.05) is 24.8 Å². The summed E-state index contributed by atoms with van der Waals surface area (Å²) in [5, 5.41) is 12.9. The summed E-state index contributed by atoms with van der Waals surface area (Å²) in [5.74, 6) is 0.845. The lowest BCUT2D eigenvalue weighted by molar-refractivity contribution is -0.155. The lowest BCUT2D eigenvalue weighted by atomic mass is 9.85. The van der Waals surface area contributed by atoms with E-state index in [-0.39, 0.29) is 18.4 Å². The van der Waals surface area contributed by atoms with Crippen molar-refractivity contribution in [2.45, 2.75) is 65.5 Å². The van der Waals surface area contributed by atoms with E-state index in [9.17, 15) is 9.82 Å². The first-order valence-corrected chi connectivity index (χ1v) is 11.2. The van der Waals surface area contributed by atoms with E-state index in [0.29, 0.717) is 18.2 Å². The standard InChI is InChI=1S/C21H35BCl2N2O3/c1-16-6-7-17(15-26(10-8-23)11-9-24)12-18(16)13-19(25-22(5)28)14-20(27)29-21(2,3)4/h6-7,12,19,25,28H,8-11,13-15H2,1-5H3/t19-/m0/s1. The third-order valence-corrected chi connectivity index (χ3v) is 4.74. The highest BCUT2D eigenvalue weighted by atomic mass is 35.5. The maximum atomic E-state index is 12.3. The van der Waals surface area contributed by atoms with Crippen molar-refractivity contribution in [2.24, 2.45) is 0 Å². The fourth-order valence-corrected chi connectivity index (χ4v) is 3.67. The summed E-state index contributed by atoms with van der Waals surface area (Å²) in [5.41, 5.74) is 2.93. The van der Waals surface area contributed by atoms with Crippen molar-refractivity contribution >= 4 is 36.2 Å². The van der Waals surface area contributed by atoms with Gasteiger partial charge in [-0.3, -0.25) is 9.69 Å². The Balaban J connectivity index is 2.92. The number of rotatable bonds is 12. The number of carbonyl (C=O) groups excluding carboxylic acids is 1. The molecule has 0 saturated heterocycles. The van der Waals surface area contributed by atoms with Gasteiger partial charge in [-0.2, -0.15) is 0 Å². The molecule has 0 aliphatic rings.